The van der Waals surface area contributed by atoms with Gasteiger partial charge in [0.25, 0.3) is 5.56 Å². The quantitative estimate of drug-likeness (QED) is 0.257. The van der Waals surface area contributed by atoms with Gasteiger partial charge in [0, 0.05) is 10.8 Å². The molecule has 0 saturated heterocycles. The molecule has 0 aliphatic rings. The van der Waals surface area contributed by atoms with E-state index < -0.39 is 0 Å². The van der Waals surface area contributed by atoms with Crippen LogP contribution in [0, 0.1) is 0 Å². The van der Waals surface area contributed by atoms with Gasteiger partial charge in [-0.1, -0.05) is 97.1 Å². The topological polar surface area (TPSA) is 34.4 Å². The summed E-state index contributed by atoms with van der Waals surface area (Å²) in [5.41, 5.74) is 6.80. The highest BCUT2D eigenvalue weighted by atomic mass is 16.1. The van der Waals surface area contributed by atoms with E-state index in [4.69, 9.17) is 0 Å². The lowest BCUT2D eigenvalue weighted by Crippen LogP contribution is -2.12. The summed E-state index contributed by atoms with van der Waals surface area (Å²) in [7, 11) is 0. The van der Waals surface area contributed by atoms with E-state index in [1.165, 1.54) is 5.56 Å². The molecule has 3 heteroatoms. The van der Waals surface area contributed by atoms with Gasteiger partial charge >= 0.3 is 0 Å². The smallest absolute Gasteiger partial charge is 0.281 e. The third-order valence-electron chi connectivity index (χ3n) is 6.80. The Morgan fingerprint density at radius 1 is 0.457 bits per heavy atom. The van der Waals surface area contributed by atoms with E-state index in [1.807, 2.05) is 48.5 Å². The van der Waals surface area contributed by atoms with Gasteiger partial charge in [-0.3, -0.25) is 9.20 Å². The highest BCUT2D eigenvalue weighted by Gasteiger charge is 2.15. The number of rotatable bonds is 2. The summed E-state index contributed by atoms with van der Waals surface area (Å²) in [5, 5.41) is 3.81. The van der Waals surface area contributed by atoms with Crippen LogP contribution in [-0.4, -0.2) is 9.38 Å². The van der Waals surface area contributed by atoms with Gasteiger partial charge in [0.05, 0.1) is 16.4 Å². The van der Waals surface area contributed by atoms with Crippen LogP contribution in [0.3, 0.4) is 0 Å². The standard InChI is InChI=1S/C32H20N2O/c35-32-28-20-24(22-11-5-2-6-12-22)16-18-30(28)34-29-17-15-23(21-9-3-1-4-10-21)19-27(29)25-13-7-8-14-26(25)31(34)33-32/h1-20H. The molecule has 0 unspecified atom stereocenters. The van der Waals surface area contributed by atoms with Gasteiger partial charge in [0.1, 0.15) is 5.65 Å². The third kappa shape index (κ3) is 3.06. The van der Waals surface area contributed by atoms with Crippen molar-refractivity contribution in [2.24, 2.45) is 0 Å². The zero-order chi connectivity index (χ0) is 23.4. The van der Waals surface area contributed by atoms with Gasteiger partial charge in [-0.25, -0.2) is 0 Å². The van der Waals surface area contributed by atoms with Crippen LogP contribution >= 0.6 is 0 Å². The van der Waals surface area contributed by atoms with Crippen molar-refractivity contribution >= 4 is 38.2 Å². The minimum Gasteiger partial charge on any atom is -0.293 e. The number of nitrogens with zero attached hydrogens (tertiary/aromatic N) is 2. The predicted molar refractivity (Wildman–Crippen MR) is 145 cm³/mol. The molecule has 7 aromatic rings. The Hall–Kier alpha value is -4.76. The van der Waals surface area contributed by atoms with Crippen molar-refractivity contribution in [2.45, 2.75) is 0 Å². The Balaban J connectivity index is 1.62. The molecule has 0 fully saturated rings. The van der Waals surface area contributed by atoms with Crippen LogP contribution in [0.1, 0.15) is 0 Å². The second-order valence-corrected chi connectivity index (χ2v) is 8.82. The molecule has 0 atom stereocenters. The second kappa shape index (κ2) is 7.64. The Morgan fingerprint density at radius 2 is 0.971 bits per heavy atom. The maximum absolute atomic E-state index is 13.3. The lowest BCUT2D eigenvalue weighted by atomic mass is 9.99. The minimum absolute atomic E-state index is 0.205. The lowest BCUT2D eigenvalue weighted by Gasteiger charge is -2.15. The third-order valence-corrected chi connectivity index (χ3v) is 6.80. The average molecular weight is 449 g/mol. The van der Waals surface area contributed by atoms with Crippen LogP contribution in [0.25, 0.3) is 60.5 Å². The Labute approximate surface area is 201 Å². The average Bonchev–Trinajstić information content (AvgIpc) is 2.94. The molecule has 0 aliphatic carbocycles. The van der Waals surface area contributed by atoms with Crippen molar-refractivity contribution in [3.63, 3.8) is 0 Å². The summed E-state index contributed by atoms with van der Waals surface area (Å²) < 4.78 is 2.14. The maximum atomic E-state index is 13.3. The molecular weight excluding hydrogens is 428 g/mol. The SMILES string of the molecule is O=c1nc2c3ccccc3c3cc(-c4ccccc4)ccc3n2c2ccc(-c3ccccc3)cc12. The largest absolute Gasteiger partial charge is 0.293 e. The summed E-state index contributed by atoms with van der Waals surface area (Å²) in [4.78, 5) is 17.9. The molecule has 0 N–H and O–H groups in total. The van der Waals surface area contributed by atoms with Crippen LogP contribution in [0.2, 0.25) is 0 Å². The van der Waals surface area contributed by atoms with Crippen molar-refractivity contribution in [1.82, 2.24) is 9.38 Å². The number of hydrogen-bond donors (Lipinski definition) is 0. The summed E-state index contributed by atoms with van der Waals surface area (Å²) in [5.74, 6) is 0. The van der Waals surface area contributed by atoms with Crippen LogP contribution in [0.5, 0.6) is 0 Å². The molecule has 0 aliphatic heterocycles. The maximum Gasteiger partial charge on any atom is 0.281 e. The fraction of sp³-hybridized carbons (Fsp3) is 0. The van der Waals surface area contributed by atoms with Crippen LogP contribution in [-0.2, 0) is 0 Å². The van der Waals surface area contributed by atoms with E-state index in [1.54, 1.807) is 0 Å². The van der Waals surface area contributed by atoms with Crippen molar-refractivity contribution in [3.8, 4) is 22.3 Å². The van der Waals surface area contributed by atoms with Gasteiger partial charge in [-0.2, -0.15) is 4.98 Å². The Morgan fingerprint density at radius 3 is 1.60 bits per heavy atom. The molecule has 0 bridgehead atoms. The number of hydrogen-bond acceptors (Lipinski definition) is 2. The molecular formula is C32H20N2O. The molecule has 35 heavy (non-hydrogen) atoms. The lowest BCUT2D eigenvalue weighted by molar-refractivity contribution is 1.19. The van der Waals surface area contributed by atoms with E-state index in [0.717, 1.165) is 43.9 Å². The molecule has 5 aromatic carbocycles. The van der Waals surface area contributed by atoms with Crippen molar-refractivity contribution in [3.05, 3.63) is 132 Å². The number of pyridine rings is 1. The molecule has 3 nitrogen and oxygen atoms in total. The summed E-state index contributed by atoms with van der Waals surface area (Å²) in [6, 6.07) is 41.4. The van der Waals surface area contributed by atoms with Crippen LogP contribution in [0.15, 0.2) is 126 Å². The zero-order valence-corrected chi connectivity index (χ0v) is 18.8. The molecule has 164 valence electrons. The second-order valence-electron chi connectivity index (χ2n) is 8.82. The molecule has 2 aromatic heterocycles. The van der Waals surface area contributed by atoms with Gasteiger partial charge in [0.15, 0.2) is 0 Å². The number of benzene rings is 5. The Bertz CT molecular complexity index is 1960. The summed E-state index contributed by atoms with van der Waals surface area (Å²) in [6.07, 6.45) is 0. The fourth-order valence-electron chi connectivity index (χ4n) is 5.13. The first-order valence-electron chi connectivity index (χ1n) is 11.7. The van der Waals surface area contributed by atoms with Crippen molar-refractivity contribution in [2.75, 3.05) is 0 Å². The highest BCUT2D eigenvalue weighted by Crippen LogP contribution is 2.34. The summed E-state index contributed by atoms with van der Waals surface area (Å²) in [6.45, 7) is 0. The molecule has 0 amide bonds. The molecule has 2 heterocycles. The molecule has 7 rings (SSSR count). The van der Waals surface area contributed by atoms with E-state index in [0.29, 0.717) is 11.0 Å². The Kier molecular flexibility index (Phi) is 4.30. The van der Waals surface area contributed by atoms with Crippen LogP contribution < -0.4 is 5.56 Å². The van der Waals surface area contributed by atoms with Gasteiger partial charge in [0.2, 0.25) is 0 Å². The minimum atomic E-state index is -0.205. The molecule has 0 radical (unpaired) electrons. The van der Waals surface area contributed by atoms with Gasteiger partial charge < -0.3 is 0 Å². The van der Waals surface area contributed by atoms with Crippen LogP contribution in [0.4, 0.5) is 0 Å². The van der Waals surface area contributed by atoms with Gasteiger partial charge in [-0.15, -0.1) is 0 Å². The van der Waals surface area contributed by atoms with E-state index in [9.17, 15) is 4.79 Å². The first kappa shape index (κ1) is 19.7. The predicted octanol–water partition coefficient (Wildman–Crippen LogP) is 7.49. The summed E-state index contributed by atoms with van der Waals surface area (Å²) >= 11 is 0. The van der Waals surface area contributed by atoms with Crippen molar-refractivity contribution in [1.29, 1.82) is 0 Å². The number of fused-ring (bicyclic) bond motifs is 8. The number of aromatic nitrogens is 2. The zero-order valence-electron chi connectivity index (χ0n) is 18.8. The molecule has 0 saturated carbocycles. The van der Waals surface area contributed by atoms with E-state index in [-0.39, 0.29) is 5.56 Å². The first-order valence-corrected chi connectivity index (χ1v) is 11.7. The van der Waals surface area contributed by atoms with E-state index in [2.05, 4.69) is 82.2 Å². The fourth-order valence-corrected chi connectivity index (χ4v) is 5.13. The normalized spacial score (nSPS) is 11.5. The van der Waals surface area contributed by atoms with Crippen molar-refractivity contribution < 1.29 is 0 Å². The van der Waals surface area contributed by atoms with Gasteiger partial charge in [-0.05, 0) is 51.9 Å². The highest BCUT2D eigenvalue weighted by molar-refractivity contribution is 6.14. The first-order chi connectivity index (χ1) is 17.3. The monoisotopic (exact) mass is 448 g/mol. The van der Waals surface area contributed by atoms with E-state index >= 15 is 0 Å². The molecule has 0 spiro atoms.